The van der Waals surface area contributed by atoms with Gasteiger partial charge < -0.3 is 10.1 Å². The lowest BCUT2D eigenvalue weighted by molar-refractivity contribution is -0.274. The summed E-state index contributed by atoms with van der Waals surface area (Å²) in [6.07, 6.45) is -3.14. The van der Waals surface area contributed by atoms with Gasteiger partial charge in [-0.05, 0) is 25.1 Å². The first-order valence-electron chi connectivity index (χ1n) is 5.59. The molecule has 2 rings (SSSR count). The highest BCUT2D eigenvalue weighted by atomic mass is 79.9. The largest absolute Gasteiger partial charge is 0.573 e. The number of anilines is 1. The molecule has 0 saturated heterocycles. The zero-order valence-corrected chi connectivity index (χ0v) is 12.2. The molecule has 0 radical (unpaired) electrons. The first kappa shape index (κ1) is 14.7. The summed E-state index contributed by atoms with van der Waals surface area (Å²) in [5.41, 5.74) is 0.922. The van der Waals surface area contributed by atoms with Crippen LogP contribution in [0.4, 0.5) is 19.1 Å². The Bertz CT molecular complexity index is 625. The fraction of sp³-hybridized carbons (Fsp3) is 0.250. The number of halogens is 4. The molecule has 0 aliphatic carbocycles. The number of aromatic nitrogens is 2. The van der Waals surface area contributed by atoms with Crippen LogP contribution in [0.2, 0.25) is 0 Å². The first-order valence-corrected chi connectivity index (χ1v) is 6.39. The van der Waals surface area contributed by atoms with E-state index in [1.165, 1.54) is 16.7 Å². The van der Waals surface area contributed by atoms with Gasteiger partial charge in [-0.2, -0.15) is 0 Å². The molecule has 1 N–H and O–H groups in total. The van der Waals surface area contributed by atoms with E-state index in [0.29, 0.717) is 16.1 Å². The molecule has 2 aromatic rings. The average molecular weight is 350 g/mol. The summed E-state index contributed by atoms with van der Waals surface area (Å²) in [7, 11) is 1.64. The van der Waals surface area contributed by atoms with E-state index in [9.17, 15) is 13.2 Å². The van der Waals surface area contributed by atoms with E-state index in [0.717, 1.165) is 0 Å². The van der Waals surface area contributed by atoms with E-state index in [-0.39, 0.29) is 11.4 Å². The Morgan fingerprint density at radius 3 is 2.65 bits per heavy atom. The fourth-order valence-electron chi connectivity index (χ4n) is 1.75. The number of alkyl halides is 3. The molecular formula is C12H11BrF3N3O. The van der Waals surface area contributed by atoms with Gasteiger partial charge in [0.05, 0.1) is 11.4 Å². The predicted molar refractivity (Wildman–Crippen MR) is 72.2 cm³/mol. The smallest absolute Gasteiger partial charge is 0.403 e. The van der Waals surface area contributed by atoms with Crippen LogP contribution in [0, 0.1) is 6.92 Å². The molecule has 0 unspecified atom stereocenters. The average Bonchev–Trinajstić information content (AvgIpc) is 2.68. The van der Waals surface area contributed by atoms with Crippen molar-refractivity contribution in [1.82, 2.24) is 9.55 Å². The lowest BCUT2D eigenvalue weighted by atomic mass is 10.3. The van der Waals surface area contributed by atoms with Crippen molar-refractivity contribution < 1.29 is 17.9 Å². The Morgan fingerprint density at radius 2 is 2.05 bits per heavy atom. The van der Waals surface area contributed by atoms with Gasteiger partial charge in [0.2, 0.25) is 5.95 Å². The molecule has 20 heavy (non-hydrogen) atoms. The van der Waals surface area contributed by atoms with Gasteiger partial charge >= 0.3 is 6.36 Å². The minimum absolute atomic E-state index is 0.246. The van der Waals surface area contributed by atoms with E-state index in [1.54, 1.807) is 26.2 Å². The van der Waals surface area contributed by atoms with Gasteiger partial charge in [0.15, 0.2) is 5.75 Å². The van der Waals surface area contributed by atoms with Crippen molar-refractivity contribution >= 4 is 21.9 Å². The van der Waals surface area contributed by atoms with E-state index < -0.39 is 6.36 Å². The molecule has 108 valence electrons. The van der Waals surface area contributed by atoms with Gasteiger partial charge in [-0.25, -0.2) is 4.98 Å². The van der Waals surface area contributed by atoms with Crippen LogP contribution in [0.1, 0.15) is 5.69 Å². The maximum Gasteiger partial charge on any atom is 0.573 e. The molecule has 0 aliphatic rings. The Morgan fingerprint density at radius 1 is 1.35 bits per heavy atom. The highest BCUT2D eigenvalue weighted by Gasteiger charge is 2.32. The Balaban J connectivity index is 2.55. The van der Waals surface area contributed by atoms with Crippen LogP contribution in [0.5, 0.6) is 5.75 Å². The van der Waals surface area contributed by atoms with Crippen molar-refractivity contribution in [3.8, 4) is 11.4 Å². The van der Waals surface area contributed by atoms with Gasteiger partial charge in [-0.1, -0.05) is 15.9 Å². The Kier molecular flexibility index (Phi) is 3.94. The molecule has 1 aromatic heterocycles. The van der Waals surface area contributed by atoms with Crippen molar-refractivity contribution in [3.63, 3.8) is 0 Å². The quantitative estimate of drug-likeness (QED) is 0.913. The fourth-order valence-corrected chi connectivity index (χ4v) is 2.09. The molecular weight excluding hydrogens is 339 g/mol. The van der Waals surface area contributed by atoms with E-state index in [2.05, 4.69) is 31.0 Å². The van der Waals surface area contributed by atoms with Crippen LogP contribution in [0.3, 0.4) is 0 Å². The second kappa shape index (κ2) is 5.35. The van der Waals surface area contributed by atoms with Gasteiger partial charge in [0.25, 0.3) is 0 Å². The number of imidazole rings is 1. The Hall–Kier alpha value is -1.70. The maximum absolute atomic E-state index is 12.5. The second-order valence-electron chi connectivity index (χ2n) is 3.99. The van der Waals surface area contributed by atoms with Crippen molar-refractivity contribution in [3.05, 3.63) is 34.6 Å². The number of nitrogens with zero attached hydrogens (tertiary/aromatic N) is 2. The van der Waals surface area contributed by atoms with Crippen LogP contribution in [-0.2, 0) is 0 Å². The van der Waals surface area contributed by atoms with E-state index in [4.69, 9.17) is 0 Å². The molecule has 8 heteroatoms. The summed E-state index contributed by atoms with van der Waals surface area (Å²) in [6.45, 7) is 1.75. The van der Waals surface area contributed by atoms with E-state index >= 15 is 0 Å². The molecule has 0 amide bonds. The van der Waals surface area contributed by atoms with Crippen LogP contribution in [0.25, 0.3) is 5.69 Å². The summed E-state index contributed by atoms with van der Waals surface area (Å²) in [5.74, 6) is 0.123. The van der Waals surface area contributed by atoms with Crippen molar-refractivity contribution in [2.45, 2.75) is 13.3 Å². The van der Waals surface area contributed by atoms with Crippen molar-refractivity contribution in [2.24, 2.45) is 0 Å². The van der Waals surface area contributed by atoms with Gasteiger partial charge in [0, 0.05) is 17.7 Å². The highest BCUT2D eigenvalue weighted by molar-refractivity contribution is 9.10. The number of aryl methyl sites for hydroxylation is 1. The monoisotopic (exact) mass is 349 g/mol. The number of ether oxygens (including phenoxy) is 1. The zero-order valence-electron chi connectivity index (χ0n) is 10.6. The number of hydrogen-bond acceptors (Lipinski definition) is 3. The molecule has 0 bridgehead atoms. The van der Waals surface area contributed by atoms with Crippen LogP contribution < -0.4 is 10.1 Å². The summed E-state index contributed by atoms with van der Waals surface area (Å²) in [6, 6.07) is 4.41. The highest BCUT2D eigenvalue weighted by Crippen LogP contribution is 2.33. The Labute approximate surface area is 121 Å². The lowest BCUT2D eigenvalue weighted by Crippen LogP contribution is -2.18. The number of rotatable bonds is 3. The van der Waals surface area contributed by atoms with E-state index in [1.807, 2.05) is 0 Å². The molecule has 0 atom stereocenters. The third-order valence-electron chi connectivity index (χ3n) is 2.46. The van der Waals surface area contributed by atoms with Crippen LogP contribution in [0.15, 0.2) is 28.9 Å². The maximum atomic E-state index is 12.5. The first-order chi connectivity index (χ1) is 9.30. The third kappa shape index (κ3) is 3.24. The molecule has 4 nitrogen and oxygen atoms in total. The summed E-state index contributed by atoms with van der Waals surface area (Å²) >= 11 is 3.13. The van der Waals surface area contributed by atoms with Crippen LogP contribution >= 0.6 is 15.9 Å². The normalized spacial score (nSPS) is 11.5. The summed E-state index contributed by atoms with van der Waals surface area (Å²) in [4.78, 5) is 4.17. The molecule has 1 heterocycles. The van der Waals surface area contributed by atoms with Gasteiger partial charge in [0.1, 0.15) is 0 Å². The minimum Gasteiger partial charge on any atom is -0.403 e. The molecule has 1 aromatic carbocycles. The predicted octanol–water partition coefficient (Wildman–Crippen LogP) is 3.88. The standard InChI is InChI=1S/C12H11BrF3N3O/c1-7-6-19(11(17-2)18-7)9-4-3-8(13)5-10(9)20-12(14,15)16/h3-6H,1-2H3,(H,17,18). The van der Waals surface area contributed by atoms with Crippen LogP contribution in [-0.4, -0.2) is 23.0 Å². The summed E-state index contributed by atoms with van der Waals surface area (Å²) in [5, 5.41) is 2.82. The van der Waals surface area contributed by atoms with Gasteiger partial charge in [-0.15, -0.1) is 13.2 Å². The van der Waals surface area contributed by atoms with Gasteiger partial charge in [-0.3, -0.25) is 4.57 Å². The number of nitrogens with one attached hydrogen (secondary N) is 1. The SMILES string of the molecule is CNc1nc(C)cn1-c1ccc(Br)cc1OC(F)(F)F. The zero-order chi connectivity index (χ0) is 14.9. The molecule has 0 fully saturated rings. The number of benzene rings is 1. The topological polar surface area (TPSA) is 39.1 Å². The molecule has 0 spiro atoms. The summed E-state index contributed by atoms with van der Waals surface area (Å²) < 4.78 is 43.5. The molecule has 0 aliphatic heterocycles. The van der Waals surface area contributed by atoms with Crippen molar-refractivity contribution in [2.75, 3.05) is 12.4 Å². The third-order valence-corrected chi connectivity index (χ3v) is 2.95. The minimum atomic E-state index is -4.76. The number of hydrogen-bond donors (Lipinski definition) is 1. The molecule has 0 saturated carbocycles. The second-order valence-corrected chi connectivity index (χ2v) is 4.90. The lowest BCUT2D eigenvalue weighted by Gasteiger charge is -2.15. The van der Waals surface area contributed by atoms with Crippen molar-refractivity contribution in [1.29, 1.82) is 0 Å².